The number of nitrogens with zero attached hydrogens (tertiary/aromatic N) is 7. The maximum atomic E-state index is 13.2. The Kier molecular flexibility index (Phi) is 12.9. The average Bonchev–Trinajstić information content (AvgIpc) is 3.15. The molecule has 2 aliphatic rings. The Labute approximate surface area is 298 Å². The number of ketones is 1. The topological polar surface area (TPSA) is 154 Å². The number of rotatable bonds is 17. The molecule has 2 heterocycles. The molecule has 12 heteroatoms. The number of piperidine rings is 1. The summed E-state index contributed by atoms with van der Waals surface area (Å²) in [7, 11) is 0. The lowest BCUT2D eigenvalue weighted by molar-refractivity contribution is -0.384. The van der Waals surface area contributed by atoms with Gasteiger partial charge in [0.2, 0.25) is 6.41 Å². The Morgan fingerprint density at radius 3 is 2.24 bits per heavy atom. The van der Waals surface area contributed by atoms with Crippen molar-refractivity contribution in [2.75, 3.05) is 45.9 Å². The summed E-state index contributed by atoms with van der Waals surface area (Å²) in [6.07, 6.45) is 3.93. The highest BCUT2D eigenvalue weighted by molar-refractivity contribution is 6.05. The maximum absolute atomic E-state index is 13.2. The number of non-ortho nitro benzene ring substituents is 1. The Balaban J connectivity index is 1.37. The molecule has 12 nitrogen and oxygen atoms in total. The highest BCUT2D eigenvalue weighted by atomic mass is 16.6. The number of carbonyl (C=O) groups is 2. The fourth-order valence-electron chi connectivity index (χ4n) is 7.61. The summed E-state index contributed by atoms with van der Waals surface area (Å²) < 4.78 is 5.94. The van der Waals surface area contributed by atoms with Crippen LogP contribution in [-0.2, 0) is 19.7 Å². The van der Waals surface area contributed by atoms with E-state index < -0.39 is 16.8 Å². The van der Waals surface area contributed by atoms with Gasteiger partial charge in [0.25, 0.3) is 5.69 Å². The average molecular weight is 692 g/mol. The number of azide groups is 1. The minimum Gasteiger partial charge on any atom is -0.375 e. The first-order valence-electron chi connectivity index (χ1n) is 17.5. The van der Waals surface area contributed by atoms with Crippen LogP contribution in [0.2, 0.25) is 0 Å². The Morgan fingerprint density at radius 2 is 1.69 bits per heavy atom. The Morgan fingerprint density at radius 1 is 1.06 bits per heavy atom. The van der Waals surface area contributed by atoms with E-state index in [1.54, 1.807) is 24.0 Å². The van der Waals surface area contributed by atoms with Gasteiger partial charge in [-0.1, -0.05) is 77.9 Å². The number of amides is 1. The summed E-state index contributed by atoms with van der Waals surface area (Å²) in [5.74, 6) is -1.38. The molecule has 0 bridgehead atoms. The van der Waals surface area contributed by atoms with Crippen LogP contribution in [0.4, 0.5) is 5.69 Å². The molecule has 5 rings (SSSR count). The van der Waals surface area contributed by atoms with Crippen molar-refractivity contribution < 1.29 is 19.2 Å². The highest BCUT2D eigenvalue weighted by Gasteiger charge is 2.40. The molecule has 2 atom stereocenters. The first-order valence-corrected chi connectivity index (χ1v) is 17.5. The smallest absolute Gasteiger partial charge is 0.269 e. The lowest BCUT2D eigenvalue weighted by Gasteiger charge is -2.43. The molecular formula is C39H45N7O5. The normalized spacial score (nSPS) is 18.7. The molecule has 1 saturated heterocycles. The molecule has 0 radical (unpaired) electrons. The lowest BCUT2D eigenvalue weighted by Crippen LogP contribution is -2.44. The van der Waals surface area contributed by atoms with Gasteiger partial charge >= 0.3 is 0 Å². The van der Waals surface area contributed by atoms with Crippen molar-refractivity contribution in [2.24, 2.45) is 16.0 Å². The first kappa shape index (κ1) is 37.1. The van der Waals surface area contributed by atoms with Crippen molar-refractivity contribution in [3.05, 3.63) is 134 Å². The van der Waals surface area contributed by atoms with E-state index in [1.165, 1.54) is 30.2 Å². The number of ether oxygens (including phenoxy) is 1. The largest absolute Gasteiger partial charge is 0.375 e. The molecule has 2 unspecified atom stereocenters. The number of aliphatic imine (C=N–C) groups is 1. The summed E-state index contributed by atoms with van der Waals surface area (Å²) in [6, 6.07) is 27.6. The summed E-state index contributed by atoms with van der Waals surface area (Å²) >= 11 is 0. The van der Waals surface area contributed by atoms with Gasteiger partial charge < -0.3 is 14.5 Å². The number of carbonyl (C=O) groups excluding carboxylic acids is 2. The van der Waals surface area contributed by atoms with Gasteiger partial charge in [-0.25, -0.2) is 0 Å². The summed E-state index contributed by atoms with van der Waals surface area (Å²) in [4.78, 5) is 48.8. The lowest BCUT2D eigenvalue weighted by atomic mass is 9.68. The molecule has 266 valence electrons. The SMILES string of the molecule is CC(=O)C1C(C)=NC(COCCCN=[N+]=[N-])=C(N(C=O)CCCN2CCC(c3ccccc3)(c3ccccc3)CC2)C1c1ccc([N+](=O)[O-])cc1. The van der Waals surface area contributed by atoms with Gasteiger partial charge in [0.1, 0.15) is 5.78 Å². The van der Waals surface area contributed by atoms with Crippen molar-refractivity contribution in [2.45, 2.75) is 50.9 Å². The number of benzene rings is 3. The van der Waals surface area contributed by atoms with E-state index in [2.05, 4.69) is 75.6 Å². The molecule has 3 aromatic rings. The third-order valence-corrected chi connectivity index (χ3v) is 10.1. The molecule has 0 saturated carbocycles. The molecule has 0 aliphatic carbocycles. The zero-order valence-corrected chi connectivity index (χ0v) is 29.3. The molecule has 51 heavy (non-hydrogen) atoms. The van der Waals surface area contributed by atoms with E-state index in [4.69, 9.17) is 15.3 Å². The summed E-state index contributed by atoms with van der Waals surface area (Å²) in [6.45, 7) is 6.95. The predicted octanol–water partition coefficient (Wildman–Crippen LogP) is 7.22. The van der Waals surface area contributed by atoms with Gasteiger partial charge in [-0.15, -0.1) is 0 Å². The van der Waals surface area contributed by atoms with Crippen LogP contribution in [0.3, 0.4) is 0 Å². The number of likely N-dealkylation sites (tertiary alicyclic amines) is 1. The third-order valence-electron chi connectivity index (χ3n) is 10.1. The van der Waals surface area contributed by atoms with Gasteiger partial charge in [0, 0.05) is 53.8 Å². The van der Waals surface area contributed by atoms with E-state index in [1.807, 2.05) is 0 Å². The molecule has 2 aliphatic heterocycles. The van der Waals surface area contributed by atoms with Gasteiger partial charge in [0.15, 0.2) is 0 Å². The minimum absolute atomic E-state index is 0.0633. The van der Waals surface area contributed by atoms with Crippen molar-refractivity contribution in [1.29, 1.82) is 0 Å². The zero-order chi connectivity index (χ0) is 36.2. The van der Waals surface area contributed by atoms with Gasteiger partial charge in [-0.05, 0) is 81.4 Å². The van der Waals surface area contributed by atoms with Crippen molar-refractivity contribution in [1.82, 2.24) is 9.80 Å². The van der Waals surface area contributed by atoms with E-state index in [9.17, 15) is 19.7 Å². The molecule has 0 spiro atoms. The number of nitro benzene ring substituents is 1. The van der Waals surface area contributed by atoms with Crippen LogP contribution < -0.4 is 0 Å². The molecule has 0 N–H and O–H groups in total. The van der Waals surface area contributed by atoms with Crippen LogP contribution in [0.5, 0.6) is 0 Å². The molecular weight excluding hydrogens is 646 g/mol. The van der Waals surface area contributed by atoms with E-state index >= 15 is 0 Å². The van der Waals surface area contributed by atoms with E-state index in [0.717, 1.165) is 38.9 Å². The first-order chi connectivity index (χ1) is 24.8. The number of allylic oxidation sites excluding steroid dienone is 1. The second-order valence-electron chi connectivity index (χ2n) is 13.2. The number of hydrogen-bond donors (Lipinski definition) is 0. The number of nitro groups is 1. The second-order valence-corrected chi connectivity index (χ2v) is 13.2. The van der Waals surface area contributed by atoms with Crippen LogP contribution in [0.25, 0.3) is 10.4 Å². The summed E-state index contributed by atoms with van der Waals surface area (Å²) in [5.41, 5.74) is 13.5. The second kappa shape index (κ2) is 17.7. The van der Waals surface area contributed by atoms with Crippen molar-refractivity contribution in [3.8, 4) is 0 Å². The fraction of sp³-hybridized carbons (Fsp3) is 0.410. The third kappa shape index (κ3) is 8.78. The van der Waals surface area contributed by atoms with Crippen LogP contribution in [-0.4, -0.2) is 78.6 Å². The minimum atomic E-state index is -0.663. The zero-order valence-electron chi connectivity index (χ0n) is 29.3. The standard InChI is InChI=1S/C39H45N7O5/c1-29-36(30(2)48)37(31-15-17-34(18-16-31)46(49)50)38(35(42-29)27-51-26-9-21-41-43-40)45(28-47)23-10-22-44-24-19-39(20-25-44,32-11-5-3-6-12-32)33-13-7-4-8-14-33/h3-8,11-18,28,36-37H,9-10,19-27H2,1-2H3. The number of Topliss-reactive ketones (excluding diaryl/α,β-unsaturated/α-hetero) is 1. The highest BCUT2D eigenvalue weighted by Crippen LogP contribution is 2.43. The molecule has 1 fully saturated rings. The Bertz CT molecular complexity index is 1720. The molecule has 3 aromatic carbocycles. The number of hydrogen-bond acceptors (Lipinski definition) is 8. The van der Waals surface area contributed by atoms with Crippen molar-refractivity contribution >= 4 is 23.6 Å². The van der Waals surface area contributed by atoms with Gasteiger partial charge in [0.05, 0.1) is 28.8 Å². The molecule has 0 aromatic heterocycles. The van der Waals surface area contributed by atoms with Crippen molar-refractivity contribution in [3.63, 3.8) is 0 Å². The Hall–Kier alpha value is -5.16. The van der Waals surface area contributed by atoms with Crippen LogP contribution >= 0.6 is 0 Å². The monoisotopic (exact) mass is 691 g/mol. The maximum Gasteiger partial charge on any atom is 0.269 e. The fourth-order valence-corrected chi connectivity index (χ4v) is 7.61. The molecule has 1 amide bonds. The van der Waals surface area contributed by atoms with Crippen LogP contribution in [0, 0.1) is 16.0 Å². The van der Waals surface area contributed by atoms with Gasteiger partial charge in [-0.2, -0.15) is 0 Å². The predicted molar refractivity (Wildman–Crippen MR) is 196 cm³/mol. The quantitative estimate of drug-likeness (QED) is 0.0277. The van der Waals surface area contributed by atoms with E-state index in [-0.39, 0.29) is 30.0 Å². The van der Waals surface area contributed by atoms with Crippen LogP contribution in [0.1, 0.15) is 62.1 Å². The summed E-state index contributed by atoms with van der Waals surface area (Å²) in [5, 5.41) is 15.0. The van der Waals surface area contributed by atoms with Crippen LogP contribution in [0.15, 0.2) is 106 Å². The van der Waals surface area contributed by atoms with Gasteiger partial charge in [-0.3, -0.25) is 24.7 Å². The van der Waals surface area contributed by atoms with E-state index in [0.29, 0.717) is 48.7 Å².